The normalized spacial score (nSPS) is 12.1. The summed E-state index contributed by atoms with van der Waals surface area (Å²) < 4.78 is 24.1. The van der Waals surface area contributed by atoms with E-state index in [1.54, 1.807) is 12.3 Å². The first-order valence-electron chi connectivity index (χ1n) is 7.88. The molecule has 1 amide bonds. The zero-order valence-electron chi connectivity index (χ0n) is 14.2. The van der Waals surface area contributed by atoms with Gasteiger partial charge in [0.2, 0.25) is 5.91 Å². The van der Waals surface area contributed by atoms with Gasteiger partial charge in [0.05, 0.1) is 4.90 Å². The topological polar surface area (TPSA) is 76.1 Å². The minimum Gasteiger partial charge on any atom is -0.309 e. The molecule has 3 aromatic rings. The number of nitrogens with one attached hydrogen (secondary N) is 1. The van der Waals surface area contributed by atoms with Crippen LogP contribution in [0, 0.1) is 0 Å². The van der Waals surface area contributed by atoms with Crippen molar-refractivity contribution >= 4 is 43.9 Å². The van der Waals surface area contributed by atoms with Crippen molar-refractivity contribution in [3.8, 4) is 0 Å². The van der Waals surface area contributed by atoms with Crippen LogP contribution in [0.3, 0.4) is 0 Å². The molecule has 0 bridgehead atoms. The lowest BCUT2D eigenvalue weighted by molar-refractivity contribution is -0.117. The fourth-order valence-corrected chi connectivity index (χ4v) is 3.95. The Balaban J connectivity index is 1.90. The molecule has 5 nitrogen and oxygen atoms in total. The Bertz CT molecular complexity index is 1080. The van der Waals surface area contributed by atoms with E-state index in [1.165, 1.54) is 38.1 Å². The van der Waals surface area contributed by atoms with Gasteiger partial charge in [0.1, 0.15) is 10.6 Å². The largest absolute Gasteiger partial charge is 0.309 e. The van der Waals surface area contributed by atoms with E-state index < -0.39 is 20.5 Å². The van der Waals surface area contributed by atoms with Crippen molar-refractivity contribution in [2.24, 2.45) is 0 Å². The fourth-order valence-electron chi connectivity index (χ4n) is 2.45. The number of benzene rings is 2. The zero-order valence-corrected chi connectivity index (χ0v) is 15.8. The quantitative estimate of drug-likeness (QED) is 0.730. The summed E-state index contributed by atoms with van der Waals surface area (Å²) in [6.07, 6.45) is 1.63. The van der Waals surface area contributed by atoms with Crippen LogP contribution in [0.15, 0.2) is 65.7 Å². The van der Waals surface area contributed by atoms with Crippen molar-refractivity contribution in [2.45, 2.75) is 23.5 Å². The molecule has 0 unspecified atom stereocenters. The Kier molecular flexibility index (Phi) is 4.73. The maximum atomic E-state index is 12.9. The first-order chi connectivity index (χ1) is 12.2. The molecule has 0 atom stereocenters. The van der Waals surface area contributed by atoms with Crippen molar-refractivity contribution in [3.05, 3.63) is 65.8 Å². The molecule has 26 heavy (non-hydrogen) atoms. The lowest BCUT2D eigenvalue weighted by Crippen LogP contribution is -2.44. The summed E-state index contributed by atoms with van der Waals surface area (Å²) in [5.41, 5.74) is 0. The Morgan fingerprint density at radius 1 is 1.04 bits per heavy atom. The Hall–Kier alpha value is -2.44. The molecule has 1 N–H and O–H groups in total. The van der Waals surface area contributed by atoms with Crippen molar-refractivity contribution in [1.82, 2.24) is 4.98 Å². The smallest absolute Gasteiger partial charge is 0.246 e. The summed E-state index contributed by atoms with van der Waals surface area (Å²) >= 11 is 5.81. The molecule has 0 fully saturated rings. The number of fused-ring (bicyclic) bond motifs is 1. The third-order valence-corrected chi connectivity index (χ3v) is 6.89. The van der Waals surface area contributed by atoms with Crippen LogP contribution < -0.4 is 5.32 Å². The minimum absolute atomic E-state index is 0.0357. The Labute approximate surface area is 156 Å². The molecule has 2 aromatic carbocycles. The van der Waals surface area contributed by atoms with Crippen LogP contribution >= 0.6 is 11.6 Å². The molecular weight excluding hydrogens is 372 g/mol. The molecule has 0 radical (unpaired) electrons. The number of sulfone groups is 1. The van der Waals surface area contributed by atoms with E-state index in [-0.39, 0.29) is 4.90 Å². The second-order valence-corrected chi connectivity index (χ2v) is 9.27. The number of nitrogens with zero attached hydrogens (tertiary/aromatic N) is 1. The van der Waals surface area contributed by atoms with Crippen LogP contribution in [0.1, 0.15) is 13.8 Å². The second-order valence-electron chi connectivity index (χ2n) is 6.34. The summed E-state index contributed by atoms with van der Waals surface area (Å²) in [5, 5.41) is 4.86. The number of pyridine rings is 1. The summed E-state index contributed by atoms with van der Waals surface area (Å²) in [6, 6.07) is 15.0. The number of hydrogen-bond donors (Lipinski definition) is 1. The average Bonchev–Trinajstić information content (AvgIpc) is 2.61. The van der Waals surface area contributed by atoms with Crippen LogP contribution in [0.5, 0.6) is 0 Å². The third kappa shape index (κ3) is 3.30. The molecule has 0 aliphatic carbocycles. The van der Waals surface area contributed by atoms with E-state index in [2.05, 4.69) is 10.3 Å². The van der Waals surface area contributed by atoms with E-state index >= 15 is 0 Å². The van der Waals surface area contributed by atoms with Crippen molar-refractivity contribution < 1.29 is 13.2 Å². The molecule has 0 aliphatic heterocycles. The monoisotopic (exact) mass is 388 g/mol. The SMILES string of the molecule is CC(C)(C(=O)Nc1cc2ccccc2cn1)S(=O)(=O)c1ccc(Cl)cc1. The molecule has 1 aromatic heterocycles. The Morgan fingerprint density at radius 3 is 2.31 bits per heavy atom. The van der Waals surface area contributed by atoms with Gasteiger partial charge in [-0.05, 0) is 49.6 Å². The number of amides is 1. The number of aromatic nitrogens is 1. The first-order valence-corrected chi connectivity index (χ1v) is 9.74. The fraction of sp³-hybridized carbons (Fsp3) is 0.158. The number of hydrogen-bond acceptors (Lipinski definition) is 4. The van der Waals surface area contributed by atoms with Gasteiger partial charge < -0.3 is 5.32 Å². The van der Waals surface area contributed by atoms with Crippen LogP contribution in [-0.2, 0) is 14.6 Å². The molecule has 3 rings (SSSR count). The Morgan fingerprint density at radius 2 is 1.65 bits per heavy atom. The van der Waals surface area contributed by atoms with Gasteiger partial charge in [-0.2, -0.15) is 0 Å². The molecular formula is C19H17ClN2O3S. The third-order valence-electron chi connectivity index (χ3n) is 4.22. The lowest BCUT2D eigenvalue weighted by atomic mass is 10.1. The van der Waals surface area contributed by atoms with E-state index in [4.69, 9.17) is 11.6 Å². The summed E-state index contributed by atoms with van der Waals surface area (Å²) in [5.74, 6) is -0.358. The molecule has 0 aliphatic rings. The van der Waals surface area contributed by atoms with Crippen LogP contribution in [0.2, 0.25) is 5.02 Å². The first kappa shape index (κ1) is 18.4. The predicted molar refractivity (Wildman–Crippen MR) is 103 cm³/mol. The number of carbonyl (C=O) groups is 1. The van der Waals surface area contributed by atoms with Crippen LogP contribution in [-0.4, -0.2) is 24.1 Å². The highest BCUT2D eigenvalue weighted by atomic mass is 35.5. The lowest BCUT2D eigenvalue weighted by Gasteiger charge is -2.23. The molecule has 0 saturated heterocycles. The molecule has 1 heterocycles. The van der Waals surface area contributed by atoms with Gasteiger partial charge in [0.15, 0.2) is 9.84 Å². The second kappa shape index (κ2) is 6.70. The highest BCUT2D eigenvalue weighted by Gasteiger charge is 2.43. The molecule has 0 saturated carbocycles. The van der Waals surface area contributed by atoms with Gasteiger partial charge in [-0.25, -0.2) is 13.4 Å². The summed E-state index contributed by atoms with van der Waals surface area (Å²) in [6.45, 7) is 2.74. The van der Waals surface area contributed by atoms with Crippen LogP contribution in [0.4, 0.5) is 5.82 Å². The number of anilines is 1. The van der Waals surface area contributed by atoms with Gasteiger partial charge >= 0.3 is 0 Å². The van der Waals surface area contributed by atoms with Crippen molar-refractivity contribution in [2.75, 3.05) is 5.32 Å². The number of rotatable bonds is 4. The van der Waals surface area contributed by atoms with Crippen molar-refractivity contribution in [1.29, 1.82) is 0 Å². The summed E-state index contributed by atoms with van der Waals surface area (Å²) in [7, 11) is -3.92. The maximum absolute atomic E-state index is 12.9. The standard InChI is InChI=1S/C19H17ClN2O3S/c1-19(2,26(24,25)16-9-7-15(20)8-10-16)18(23)22-17-11-13-5-3-4-6-14(13)12-21-17/h3-12H,1-2H3,(H,21,22,23). The van der Waals surface area contributed by atoms with E-state index in [0.717, 1.165) is 10.8 Å². The predicted octanol–water partition coefficient (Wildman–Crippen LogP) is 4.08. The highest BCUT2D eigenvalue weighted by molar-refractivity contribution is 7.93. The maximum Gasteiger partial charge on any atom is 0.246 e. The highest BCUT2D eigenvalue weighted by Crippen LogP contribution is 2.28. The number of carbonyl (C=O) groups excluding carboxylic acids is 1. The molecule has 7 heteroatoms. The van der Waals surface area contributed by atoms with Gasteiger partial charge in [-0.3, -0.25) is 4.79 Å². The van der Waals surface area contributed by atoms with Gasteiger partial charge in [0, 0.05) is 16.6 Å². The van der Waals surface area contributed by atoms with Crippen molar-refractivity contribution in [3.63, 3.8) is 0 Å². The minimum atomic E-state index is -3.92. The zero-order chi connectivity index (χ0) is 18.9. The van der Waals surface area contributed by atoms with E-state index in [0.29, 0.717) is 10.8 Å². The molecule has 134 valence electrons. The summed E-state index contributed by atoms with van der Waals surface area (Å²) in [4.78, 5) is 16.9. The van der Waals surface area contributed by atoms with E-state index in [9.17, 15) is 13.2 Å². The van der Waals surface area contributed by atoms with Gasteiger partial charge in [0.25, 0.3) is 0 Å². The van der Waals surface area contributed by atoms with Crippen LogP contribution in [0.25, 0.3) is 10.8 Å². The van der Waals surface area contributed by atoms with Gasteiger partial charge in [-0.15, -0.1) is 0 Å². The average molecular weight is 389 g/mol. The number of halogens is 1. The van der Waals surface area contributed by atoms with Gasteiger partial charge in [-0.1, -0.05) is 35.9 Å². The van der Waals surface area contributed by atoms with E-state index in [1.807, 2.05) is 24.3 Å². The molecule has 0 spiro atoms.